The largest absolute Gasteiger partial charge is 0.392 e. The van der Waals surface area contributed by atoms with E-state index in [9.17, 15) is 10.2 Å². The van der Waals surface area contributed by atoms with Gasteiger partial charge < -0.3 is 15.3 Å². The van der Waals surface area contributed by atoms with Crippen molar-refractivity contribution in [1.82, 2.24) is 4.90 Å². The van der Waals surface area contributed by atoms with E-state index in [-0.39, 0.29) is 12.6 Å². The maximum atomic E-state index is 9.53. The van der Waals surface area contributed by atoms with Crippen LogP contribution in [-0.4, -0.2) is 58.2 Å². The Labute approximate surface area is 70.7 Å². The molecule has 2 aliphatic heterocycles. The average Bonchev–Trinajstić information content (AvgIpc) is 2.55. The summed E-state index contributed by atoms with van der Waals surface area (Å²) in [4.78, 5) is 1.97. The Hall–Kier alpha value is -0.420. The smallest absolute Gasteiger partial charge is 0.101 e. The van der Waals surface area contributed by atoms with E-state index in [1.165, 1.54) is 0 Å². The van der Waals surface area contributed by atoms with Gasteiger partial charge in [-0.1, -0.05) is 6.08 Å². The fourth-order valence-corrected chi connectivity index (χ4v) is 2.04. The molecule has 1 saturated heterocycles. The molecule has 0 aliphatic carbocycles. The maximum Gasteiger partial charge on any atom is 0.101 e. The fraction of sp³-hybridized carbons (Fsp3) is 0.750. The zero-order valence-corrected chi connectivity index (χ0v) is 6.72. The number of nitrogens with zero attached hydrogens (tertiary/aromatic N) is 1. The van der Waals surface area contributed by atoms with Gasteiger partial charge in [0.25, 0.3) is 0 Å². The summed E-state index contributed by atoms with van der Waals surface area (Å²) in [6.45, 7) is 1.21. The first-order valence-electron chi connectivity index (χ1n) is 4.14. The second kappa shape index (κ2) is 2.81. The molecule has 3 N–H and O–H groups in total. The predicted molar refractivity (Wildman–Crippen MR) is 42.5 cm³/mol. The second-order valence-electron chi connectivity index (χ2n) is 3.39. The van der Waals surface area contributed by atoms with Gasteiger partial charge in [-0.2, -0.15) is 0 Å². The molecule has 0 aromatic carbocycles. The quantitative estimate of drug-likeness (QED) is 0.413. The summed E-state index contributed by atoms with van der Waals surface area (Å²) in [5.74, 6) is 0. The molecule has 68 valence electrons. The van der Waals surface area contributed by atoms with E-state index >= 15 is 0 Å². The molecule has 4 nitrogen and oxygen atoms in total. The molecular formula is C8H13NO3. The van der Waals surface area contributed by atoms with E-state index in [0.717, 1.165) is 12.1 Å². The summed E-state index contributed by atoms with van der Waals surface area (Å²) in [5.41, 5.74) is 0.832. The maximum absolute atomic E-state index is 9.53. The number of rotatable bonds is 1. The minimum Gasteiger partial charge on any atom is -0.392 e. The van der Waals surface area contributed by atoms with Crippen molar-refractivity contribution in [2.24, 2.45) is 0 Å². The van der Waals surface area contributed by atoms with Crippen molar-refractivity contribution < 1.29 is 15.3 Å². The van der Waals surface area contributed by atoms with Gasteiger partial charge >= 0.3 is 0 Å². The molecule has 2 rings (SSSR count). The topological polar surface area (TPSA) is 63.9 Å². The van der Waals surface area contributed by atoms with E-state index in [4.69, 9.17) is 5.11 Å². The molecule has 12 heavy (non-hydrogen) atoms. The molecule has 0 aromatic rings. The molecule has 0 radical (unpaired) electrons. The molecular weight excluding hydrogens is 158 g/mol. The second-order valence-corrected chi connectivity index (χ2v) is 3.39. The SMILES string of the molecule is OCC1=CCN2CC(O)C(O)C12. The van der Waals surface area contributed by atoms with Gasteiger partial charge in [-0.25, -0.2) is 0 Å². The lowest BCUT2D eigenvalue weighted by atomic mass is 10.0. The Morgan fingerprint density at radius 1 is 1.50 bits per heavy atom. The highest BCUT2D eigenvalue weighted by Crippen LogP contribution is 2.28. The van der Waals surface area contributed by atoms with Crippen LogP contribution in [0, 0.1) is 0 Å². The van der Waals surface area contributed by atoms with Crippen molar-refractivity contribution in [2.75, 3.05) is 19.7 Å². The number of fused-ring (bicyclic) bond motifs is 1. The minimum absolute atomic E-state index is 0.0229. The molecule has 2 heterocycles. The van der Waals surface area contributed by atoms with Gasteiger partial charge in [0.05, 0.1) is 18.8 Å². The highest BCUT2D eigenvalue weighted by Gasteiger charge is 2.43. The van der Waals surface area contributed by atoms with E-state index in [2.05, 4.69) is 0 Å². The number of aliphatic hydroxyl groups is 3. The summed E-state index contributed by atoms with van der Waals surface area (Å²) >= 11 is 0. The van der Waals surface area contributed by atoms with Crippen LogP contribution >= 0.6 is 0 Å². The van der Waals surface area contributed by atoms with Crippen LogP contribution in [0.25, 0.3) is 0 Å². The Bertz CT molecular complexity index is 216. The van der Waals surface area contributed by atoms with Gasteiger partial charge in [0.2, 0.25) is 0 Å². The van der Waals surface area contributed by atoms with Crippen molar-refractivity contribution in [3.8, 4) is 0 Å². The third-order valence-corrected chi connectivity index (χ3v) is 2.68. The van der Waals surface area contributed by atoms with Crippen molar-refractivity contribution in [2.45, 2.75) is 18.2 Å². The molecule has 0 aromatic heterocycles. The van der Waals surface area contributed by atoms with Crippen LogP contribution in [0.15, 0.2) is 11.6 Å². The zero-order valence-electron chi connectivity index (χ0n) is 6.72. The van der Waals surface area contributed by atoms with Crippen molar-refractivity contribution in [1.29, 1.82) is 0 Å². The minimum atomic E-state index is -0.731. The Kier molecular flexibility index (Phi) is 1.92. The van der Waals surface area contributed by atoms with Crippen molar-refractivity contribution in [3.05, 3.63) is 11.6 Å². The summed E-state index contributed by atoms with van der Waals surface area (Å²) in [7, 11) is 0. The molecule has 3 unspecified atom stereocenters. The van der Waals surface area contributed by atoms with E-state index in [0.29, 0.717) is 6.54 Å². The van der Waals surface area contributed by atoms with Crippen LogP contribution in [-0.2, 0) is 0 Å². The van der Waals surface area contributed by atoms with Crippen molar-refractivity contribution in [3.63, 3.8) is 0 Å². The fourth-order valence-electron chi connectivity index (χ4n) is 2.04. The van der Waals surface area contributed by atoms with Gasteiger partial charge in [0.15, 0.2) is 0 Å². The molecule has 0 amide bonds. The lowest BCUT2D eigenvalue weighted by Gasteiger charge is -2.19. The molecule has 1 fully saturated rings. The molecule has 0 bridgehead atoms. The van der Waals surface area contributed by atoms with E-state index in [1.54, 1.807) is 0 Å². The number of hydrogen-bond donors (Lipinski definition) is 3. The van der Waals surface area contributed by atoms with Crippen LogP contribution in [0.4, 0.5) is 0 Å². The highest BCUT2D eigenvalue weighted by atomic mass is 16.3. The van der Waals surface area contributed by atoms with E-state index in [1.807, 2.05) is 11.0 Å². The van der Waals surface area contributed by atoms with Crippen LogP contribution in [0.5, 0.6) is 0 Å². The molecule has 0 saturated carbocycles. The number of hydrogen-bond acceptors (Lipinski definition) is 4. The average molecular weight is 171 g/mol. The van der Waals surface area contributed by atoms with Crippen LogP contribution in [0.1, 0.15) is 0 Å². The van der Waals surface area contributed by atoms with E-state index < -0.39 is 12.2 Å². The first kappa shape index (κ1) is 8.19. The molecule has 4 heteroatoms. The lowest BCUT2D eigenvalue weighted by molar-refractivity contribution is 0.0439. The first-order chi connectivity index (χ1) is 5.74. The first-order valence-corrected chi connectivity index (χ1v) is 4.14. The Morgan fingerprint density at radius 3 is 2.92 bits per heavy atom. The van der Waals surface area contributed by atoms with Gasteiger partial charge in [-0.3, -0.25) is 4.90 Å². The van der Waals surface area contributed by atoms with Crippen molar-refractivity contribution >= 4 is 0 Å². The number of aliphatic hydroxyl groups excluding tert-OH is 3. The van der Waals surface area contributed by atoms with Crippen LogP contribution in [0.2, 0.25) is 0 Å². The summed E-state index contributed by atoms with van der Waals surface area (Å²) in [6.07, 6.45) is 0.524. The lowest BCUT2D eigenvalue weighted by Crippen LogP contribution is -2.34. The molecule has 3 atom stereocenters. The van der Waals surface area contributed by atoms with Gasteiger partial charge in [0, 0.05) is 13.1 Å². The Morgan fingerprint density at radius 2 is 2.25 bits per heavy atom. The van der Waals surface area contributed by atoms with Crippen LogP contribution in [0.3, 0.4) is 0 Å². The highest BCUT2D eigenvalue weighted by molar-refractivity contribution is 5.24. The van der Waals surface area contributed by atoms with Gasteiger partial charge in [-0.15, -0.1) is 0 Å². The predicted octanol–water partition coefficient (Wildman–Crippen LogP) is -1.68. The summed E-state index contributed by atoms with van der Waals surface area (Å²) in [6, 6.07) is -0.148. The monoisotopic (exact) mass is 171 g/mol. The normalized spacial score (nSPS) is 41.6. The third kappa shape index (κ3) is 0.998. The molecule has 0 spiro atoms. The van der Waals surface area contributed by atoms with Crippen LogP contribution < -0.4 is 0 Å². The summed E-state index contributed by atoms with van der Waals surface area (Å²) < 4.78 is 0. The standard InChI is InChI=1S/C8H13NO3/c10-4-5-1-2-9-3-6(11)8(12)7(5)9/h1,6-8,10-12H,2-4H2. The van der Waals surface area contributed by atoms with Gasteiger partial charge in [-0.05, 0) is 5.57 Å². The zero-order chi connectivity index (χ0) is 8.72. The molecule has 2 aliphatic rings. The Balaban J connectivity index is 2.17. The van der Waals surface area contributed by atoms with Gasteiger partial charge in [0.1, 0.15) is 6.10 Å². The summed E-state index contributed by atoms with van der Waals surface area (Å²) in [5, 5.41) is 27.8. The third-order valence-electron chi connectivity index (χ3n) is 2.68.